The maximum atomic E-state index is 12.2. The average Bonchev–Trinajstić information content (AvgIpc) is 3.26. The van der Waals surface area contributed by atoms with Gasteiger partial charge in [-0.3, -0.25) is 4.79 Å². The van der Waals surface area contributed by atoms with Crippen molar-refractivity contribution in [3.8, 4) is 11.5 Å². The van der Waals surface area contributed by atoms with E-state index in [2.05, 4.69) is 23.5 Å². The number of carbonyl (C=O) groups excluding carboxylic acids is 1. The van der Waals surface area contributed by atoms with Crippen LogP contribution in [-0.4, -0.2) is 26.7 Å². The van der Waals surface area contributed by atoms with Crippen molar-refractivity contribution >= 4 is 5.91 Å². The number of benzene rings is 2. The van der Waals surface area contributed by atoms with Crippen LogP contribution in [-0.2, 0) is 19.6 Å². The third kappa shape index (κ3) is 6.36. The molecule has 1 aromatic heterocycles. The van der Waals surface area contributed by atoms with Gasteiger partial charge >= 0.3 is 0 Å². The Hall–Kier alpha value is -3.25. The van der Waals surface area contributed by atoms with Crippen molar-refractivity contribution in [3.63, 3.8) is 0 Å². The second kappa shape index (κ2) is 11.2. The maximum Gasteiger partial charge on any atom is 0.286 e. The van der Waals surface area contributed by atoms with E-state index in [9.17, 15) is 4.79 Å². The summed E-state index contributed by atoms with van der Waals surface area (Å²) in [6, 6.07) is 20.0. The standard InChI is InChI=1S/C25H30N2O4/c1-4-14-26-25(28)23-13-11-21(31-23)18-27(16-19-8-6-5-7-9-19)17-20-10-12-22(29-2)24(15-20)30-3/h5-13,15H,4,14,16-18H2,1-3H3,(H,26,28)/p+1. The molecule has 6 heteroatoms. The largest absolute Gasteiger partial charge is 0.493 e. The van der Waals surface area contributed by atoms with Crippen molar-refractivity contribution in [1.82, 2.24) is 5.32 Å². The van der Waals surface area contributed by atoms with Crippen molar-refractivity contribution in [3.05, 3.63) is 83.3 Å². The van der Waals surface area contributed by atoms with Crippen LogP contribution in [0.2, 0.25) is 0 Å². The topological polar surface area (TPSA) is 65.1 Å². The highest BCUT2D eigenvalue weighted by molar-refractivity contribution is 5.91. The Balaban J connectivity index is 1.77. The molecule has 164 valence electrons. The van der Waals surface area contributed by atoms with E-state index in [1.54, 1.807) is 20.3 Å². The number of ether oxygens (including phenoxy) is 2. The Morgan fingerprint density at radius 2 is 1.65 bits per heavy atom. The number of carbonyl (C=O) groups is 1. The molecule has 31 heavy (non-hydrogen) atoms. The monoisotopic (exact) mass is 423 g/mol. The second-order valence-corrected chi connectivity index (χ2v) is 7.48. The summed E-state index contributed by atoms with van der Waals surface area (Å²) in [5, 5.41) is 2.85. The molecule has 0 aliphatic rings. The van der Waals surface area contributed by atoms with E-state index in [-0.39, 0.29) is 5.91 Å². The Kier molecular flexibility index (Phi) is 8.12. The molecule has 1 amide bonds. The minimum absolute atomic E-state index is 0.169. The third-order valence-corrected chi connectivity index (χ3v) is 5.04. The maximum absolute atomic E-state index is 12.2. The number of quaternary nitrogens is 1. The molecule has 0 bridgehead atoms. The first-order valence-corrected chi connectivity index (χ1v) is 10.6. The summed E-state index contributed by atoms with van der Waals surface area (Å²) in [6.45, 7) is 4.91. The molecule has 0 spiro atoms. The predicted octanol–water partition coefficient (Wildman–Crippen LogP) is 3.22. The van der Waals surface area contributed by atoms with Crippen LogP contribution in [0.25, 0.3) is 0 Å². The first-order valence-electron chi connectivity index (χ1n) is 10.6. The van der Waals surface area contributed by atoms with Gasteiger partial charge in [0.1, 0.15) is 19.6 Å². The van der Waals surface area contributed by atoms with Crippen molar-refractivity contribution in [2.75, 3.05) is 20.8 Å². The lowest BCUT2D eigenvalue weighted by molar-refractivity contribution is -0.942. The number of hydrogen-bond acceptors (Lipinski definition) is 4. The molecule has 0 radical (unpaired) electrons. The second-order valence-electron chi connectivity index (χ2n) is 7.48. The van der Waals surface area contributed by atoms with Gasteiger partial charge < -0.3 is 24.1 Å². The summed E-state index contributed by atoms with van der Waals surface area (Å²) >= 11 is 0. The Bertz CT molecular complexity index is 969. The van der Waals surface area contributed by atoms with E-state index in [4.69, 9.17) is 13.9 Å². The highest BCUT2D eigenvalue weighted by Gasteiger charge is 2.18. The molecular formula is C25H31N2O4+. The van der Waals surface area contributed by atoms with E-state index in [0.717, 1.165) is 30.8 Å². The van der Waals surface area contributed by atoms with Crippen LogP contribution < -0.4 is 19.7 Å². The van der Waals surface area contributed by atoms with Gasteiger partial charge in [-0.1, -0.05) is 37.3 Å². The fraction of sp³-hybridized carbons (Fsp3) is 0.320. The average molecular weight is 424 g/mol. The molecule has 1 unspecified atom stereocenters. The van der Waals surface area contributed by atoms with Gasteiger partial charge in [0.2, 0.25) is 0 Å². The quantitative estimate of drug-likeness (QED) is 0.497. The molecule has 3 aromatic rings. The molecule has 1 heterocycles. The highest BCUT2D eigenvalue weighted by Crippen LogP contribution is 2.27. The van der Waals surface area contributed by atoms with Gasteiger partial charge in [-0.15, -0.1) is 0 Å². The highest BCUT2D eigenvalue weighted by atomic mass is 16.5. The van der Waals surface area contributed by atoms with Gasteiger partial charge in [0.25, 0.3) is 5.91 Å². The summed E-state index contributed by atoms with van der Waals surface area (Å²) in [7, 11) is 3.28. The third-order valence-electron chi connectivity index (χ3n) is 5.04. The molecule has 0 saturated heterocycles. The molecule has 0 aliphatic carbocycles. The predicted molar refractivity (Wildman–Crippen MR) is 119 cm³/mol. The van der Waals surface area contributed by atoms with Crippen LogP contribution in [0.1, 0.15) is 40.8 Å². The molecule has 2 aromatic carbocycles. The van der Waals surface area contributed by atoms with Crippen LogP contribution in [0, 0.1) is 0 Å². The lowest BCUT2D eigenvalue weighted by Crippen LogP contribution is -3.08. The van der Waals surface area contributed by atoms with Gasteiger partial charge in [0.05, 0.1) is 14.2 Å². The first kappa shape index (κ1) is 22.4. The van der Waals surface area contributed by atoms with Crippen molar-refractivity contribution in [2.24, 2.45) is 0 Å². The zero-order chi connectivity index (χ0) is 22.1. The summed E-state index contributed by atoms with van der Waals surface area (Å²) in [5.74, 6) is 2.40. The van der Waals surface area contributed by atoms with Crippen LogP contribution in [0.15, 0.2) is 65.1 Å². The van der Waals surface area contributed by atoms with E-state index >= 15 is 0 Å². The van der Waals surface area contributed by atoms with E-state index in [1.165, 1.54) is 10.5 Å². The molecule has 0 aliphatic heterocycles. The summed E-state index contributed by atoms with van der Waals surface area (Å²) < 4.78 is 16.7. The number of furan rings is 1. The lowest BCUT2D eigenvalue weighted by Gasteiger charge is -2.19. The van der Waals surface area contributed by atoms with Gasteiger partial charge in [-0.2, -0.15) is 0 Å². The molecular weight excluding hydrogens is 392 g/mol. The van der Waals surface area contributed by atoms with Crippen molar-refractivity contribution in [1.29, 1.82) is 0 Å². The SMILES string of the molecule is CCCNC(=O)c1ccc(C[NH+](Cc2ccccc2)Cc2ccc(OC)c(OC)c2)o1. The smallest absolute Gasteiger partial charge is 0.286 e. The lowest BCUT2D eigenvalue weighted by atomic mass is 10.1. The number of nitrogens with one attached hydrogen (secondary N) is 2. The molecule has 3 rings (SSSR count). The molecule has 2 N–H and O–H groups in total. The summed E-state index contributed by atoms with van der Waals surface area (Å²) in [6.07, 6.45) is 0.889. The summed E-state index contributed by atoms with van der Waals surface area (Å²) in [4.78, 5) is 13.5. The fourth-order valence-corrected chi connectivity index (χ4v) is 3.52. The molecule has 0 saturated carbocycles. The van der Waals surface area contributed by atoms with Gasteiger partial charge in [0.15, 0.2) is 23.0 Å². The van der Waals surface area contributed by atoms with Gasteiger partial charge in [-0.05, 0) is 36.8 Å². The van der Waals surface area contributed by atoms with E-state index in [1.807, 2.05) is 43.3 Å². The zero-order valence-corrected chi connectivity index (χ0v) is 18.4. The minimum Gasteiger partial charge on any atom is -0.493 e. The van der Waals surface area contributed by atoms with Crippen LogP contribution >= 0.6 is 0 Å². The summed E-state index contributed by atoms with van der Waals surface area (Å²) in [5.41, 5.74) is 2.38. The minimum atomic E-state index is -0.169. The zero-order valence-electron chi connectivity index (χ0n) is 18.4. The number of amides is 1. The van der Waals surface area contributed by atoms with Crippen LogP contribution in [0.4, 0.5) is 0 Å². The van der Waals surface area contributed by atoms with Crippen LogP contribution in [0.5, 0.6) is 11.5 Å². The number of hydrogen-bond donors (Lipinski definition) is 2. The molecule has 0 fully saturated rings. The fourth-order valence-electron chi connectivity index (χ4n) is 3.52. The Morgan fingerprint density at radius 3 is 2.35 bits per heavy atom. The number of methoxy groups -OCH3 is 2. The normalized spacial score (nSPS) is 11.7. The van der Waals surface area contributed by atoms with Crippen molar-refractivity contribution in [2.45, 2.75) is 33.0 Å². The molecule has 1 atom stereocenters. The van der Waals surface area contributed by atoms with Crippen LogP contribution in [0.3, 0.4) is 0 Å². The van der Waals surface area contributed by atoms with E-state index in [0.29, 0.717) is 30.3 Å². The van der Waals surface area contributed by atoms with Crippen molar-refractivity contribution < 1.29 is 23.6 Å². The Labute approximate surface area is 183 Å². The number of rotatable bonds is 11. The molecule has 6 nitrogen and oxygen atoms in total. The Morgan fingerprint density at radius 1 is 0.903 bits per heavy atom. The van der Waals surface area contributed by atoms with Gasteiger partial charge in [-0.25, -0.2) is 0 Å². The van der Waals surface area contributed by atoms with Gasteiger partial charge in [0, 0.05) is 17.7 Å². The first-order chi connectivity index (χ1) is 15.1. The van der Waals surface area contributed by atoms with E-state index < -0.39 is 0 Å².